The number of carbonyl (C=O) groups is 4. The third kappa shape index (κ3) is 23.8. The number of rotatable bonds is 21. The molecule has 0 aliphatic carbocycles. The Kier molecular flexibility index (Phi) is 25.9. The summed E-state index contributed by atoms with van der Waals surface area (Å²) in [5.74, 6) is 3.27. The van der Waals surface area contributed by atoms with Gasteiger partial charge in [-0.05, 0) is 147 Å². The highest BCUT2D eigenvalue weighted by Gasteiger charge is 2.25. The third-order valence-electron chi connectivity index (χ3n) is 14.7. The van der Waals surface area contributed by atoms with Crippen LogP contribution in [-0.4, -0.2) is 82.9 Å². The standard InChI is InChI=1S/C21H19F2N3O2.C21H17N3O2.C20H19N3O2.C19H16ClN3O2/c1-13-4-7-17(12-24-13)28-18-8-14(2)26-19(10-18)20(27)9-16-6-5-15(11-25-16)21(3,22)23;1-4-16-6-7-17(23-12-16)10-21(25)20-11-19(9-15(3)24-20)26-18-8-5-14(2)22-13-18;1-13-7-8-17(12-21-13)25-18-9-15(3)23-19(11-18)20(24)10-16-6-4-5-14(2)22-16;1-12-3-4-15(22-9-12)7-19(24)18-8-16(5-13(2)23-18)25-17-6-14(20)10-21-11-17/h4-8,10-12H,9H2,1-3H3;1,5-9,11-13H,10H2,2-3H3;4-9,11-12H,10H2,1-3H3;3-6,8-11H,7H2,1-2H3. The molecule has 0 amide bonds. The Morgan fingerprint density at radius 1 is 0.375 bits per heavy atom. The van der Waals surface area contributed by atoms with Crippen molar-refractivity contribution in [2.45, 2.75) is 101 Å². The second-order valence-corrected chi connectivity index (χ2v) is 24.5. The highest BCUT2D eigenvalue weighted by molar-refractivity contribution is 6.30. The van der Waals surface area contributed by atoms with Crippen molar-refractivity contribution in [3.05, 3.63) is 308 Å². The first-order valence-corrected chi connectivity index (χ1v) is 32.9. The van der Waals surface area contributed by atoms with Crippen LogP contribution in [0.2, 0.25) is 5.02 Å². The SMILES string of the molecule is C#Cc1ccc(CC(=O)c2cc(Oc3ccc(C)nc3)cc(C)n2)nc1.Cc1ccc(CC(=O)c2cc(Oc3cncc(Cl)c3)cc(C)n2)nc1.Cc1ccc(Oc2cc(C)nc(C(=O)Cc3ccc(C(C)(F)F)cn3)c2)cn1.Cc1ccc(Oc2cc(C)nc(C(=O)Cc3cccc(C)n3)c2)cn1. The van der Waals surface area contributed by atoms with E-state index in [1.807, 2.05) is 116 Å². The number of halogens is 3. The fourth-order valence-corrected chi connectivity index (χ4v) is 9.78. The van der Waals surface area contributed by atoms with E-state index in [2.05, 4.69) is 65.7 Å². The lowest BCUT2D eigenvalue weighted by Crippen LogP contribution is -2.11. The Morgan fingerprint density at radius 3 is 1.11 bits per heavy atom. The highest BCUT2D eigenvalue weighted by Crippen LogP contribution is 2.30. The molecule has 0 unspecified atom stereocenters. The van der Waals surface area contributed by atoms with Gasteiger partial charge >= 0.3 is 0 Å². The van der Waals surface area contributed by atoms with E-state index in [1.54, 1.807) is 117 Å². The number of ketones is 4. The summed E-state index contributed by atoms with van der Waals surface area (Å²) in [7, 11) is 0. The lowest BCUT2D eigenvalue weighted by Gasteiger charge is -2.10. The molecule has 0 saturated carbocycles. The van der Waals surface area contributed by atoms with Crippen LogP contribution >= 0.6 is 11.6 Å². The Hall–Kier alpha value is -12.6. The number of aromatic nitrogens is 12. The molecule has 12 rings (SSSR count). The van der Waals surface area contributed by atoms with Crippen LogP contribution in [-0.2, 0) is 31.6 Å². The van der Waals surface area contributed by atoms with Gasteiger partial charge in [-0.2, -0.15) is 0 Å². The summed E-state index contributed by atoms with van der Waals surface area (Å²) >= 11 is 5.91. The van der Waals surface area contributed by atoms with Gasteiger partial charge < -0.3 is 18.9 Å². The molecule has 12 aromatic rings. The lowest BCUT2D eigenvalue weighted by molar-refractivity contribution is 0.0170. The number of hydrogen-bond donors (Lipinski definition) is 0. The first-order chi connectivity index (χ1) is 49.7. The van der Waals surface area contributed by atoms with Gasteiger partial charge in [-0.15, -0.1) is 6.42 Å². The van der Waals surface area contributed by atoms with Crippen LogP contribution in [0.5, 0.6) is 46.0 Å². The molecule has 0 aromatic carbocycles. The van der Waals surface area contributed by atoms with Crippen molar-refractivity contribution in [2.24, 2.45) is 0 Å². The van der Waals surface area contributed by atoms with Crippen LogP contribution in [0.4, 0.5) is 8.78 Å². The van der Waals surface area contributed by atoms with Crippen LogP contribution in [0, 0.1) is 74.7 Å². The van der Waals surface area contributed by atoms with Crippen molar-refractivity contribution in [1.29, 1.82) is 0 Å². The molecule has 0 N–H and O–H groups in total. The fraction of sp³-hybridized carbons (Fsp3) is 0.185. The van der Waals surface area contributed by atoms with Crippen LogP contribution in [0.1, 0.15) is 134 Å². The molecule has 0 saturated heterocycles. The van der Waals surface area contributed by atoms with Gasteiger partial charge in [0.15, 0.2) is 23.1 Å². The third-order valence-corrected chi connectivity index (χ3v) is 14.9. The predicted octanol–water partition coefficient (Wildman–Crippen LogP) is 16.9. The van der Waals surface area contributed by atoms with Gasteiger partial charge in [0, 0.05) is 166 Å². The minimum Gasteiger partial charge on any atom is -0.456 e. The summed E-state index contributed by atoms with van der Waals surface area (Å²) in [5, 5.41) is 0.477. The molecule has 12 aromatic heterocycles. The van der Waals surface area contributed by atoms with E-state index >= 15 is 0 Å². The van der Waals surface area contributed by atoms with Crippen LogP contribution in [0.15, 0.2) is 195 Å². The molecule has 104 heavy (non-hydrogen) atoms. The number of nitrogens with zero attached hydrogens (tertiary/aromatic N) is 12. The lowest BCUT2D eigenvalue weighted by atomic mass is 10.1. The van der Waals surface area contributed by atoms with Gasteiger partial charge in [-0.3, -0.25) is 59.0 Å². The number of hydrogen-bond acceptors (Lipinski definition) is 20. The zero-order valence-electron chi connectivity index (χ0n) is 58.6. The molecule has 0 fully saturated rings. The summed E-state index contributed by atoms with van der Waals surface area (Å²) in [4.78, 5) is 101. The molecule has 0 atom stereocenters. The van der Waals surface area contributed by atoms with E-state index < -0.39 is 5.92 Å². The minimum absolute atomic E-state index is 0.0441. The zero-order chi connectivity index (χ0) is 74.5. The molecule has 0 radical (unpaired) electrons. The number of pyridine rings is 12. The Bertz CT molecular complexity index is 5040. The average molecular weight is 1410 g/mol. The quantitative estimate of drug-likeness (QED) is 0.0478. The maximum absolute atomic E-state index is 13.3. The van der Waals surface area contributed by atoms with E-state index in [0.29, 0.717) is 108 Å². The molecule has 20 nitrogen and oxygen atoms in total. The molecule has 0 spiro atoms. The molecule has 524 valence electrons. The van der Waals surface area contributed by atoms with Crippen molar-refractivity contribution in [2.75, 3.05) is 0 Å². The normalized spacial score (nSPS) is 10.7. The summed E-state index contributed by atoms with van der Waals surface area (Å²) in [6, 6.07) is 41.8. The number of terminal acetylenes is 1. The molecule has 0 bridgehead atoms. The molecular formula is C81H71ClF2N12O8. The van der Waals surface area contributed by atoms with Crippen molar-refractivity contribution >= 4 is 34.7 Å². The number of Topliss-reactive ketones (excluding diaryl/α,β-unsaturated/α-hetero) is 4. The number of ether oxygens (including phenoxy) is 4. The van der Waals surface area contributed by atoms with Gasteiger partial charge in [0.1, 0.15) is 68.8 Å². The molecule has 0 aliphatic rings. The molecule has 12 heterocycles. The van der Waals surface area contributed by atoms with Gasteiger partial charge in [-0.25, -0.2) is 28.7 Å². The maximum atomic E-state index is 13.3. The van der Waals surface area contributed by atoms with Crippen LogP contribution in [0.25, 0.3) is 0 Å². The second kappa shape index (κ2) is 35.6. The topological polar surface area (TPSA) is 260 Å². The van der Waals surface area contributed by atoms with E-state index in [0.717, 1.165) is 52.8 Å². The number of alkyl halides is 2. The fourth-order valence-electron chi connectivity index (χ4n) is 9.62. The zero-order valence-corrected chi connectivity index (χ0v) is 59.4. The van der Waals surface area contributed by atoms with E-state index in [9.17, 15) is 28.0 Å². The van der Waals surface area contributed by atoms with Crippen LogP contribution < -0.4 is 18.9 Å². The predicted molar refractivity (Wildman–Crippen MR) is 388 cm³/mol. The second-order valence-electron chi connectivity index (χ2n) is 24.1. The van der Waals surface area contributed by atoms with E-state index in [-0.39, 0.29) is 60.1 Å². The average Bonchev–Trinajstić information content (AvgIpc) is 0.856. The number of carbonyl (C=O) groups excluding carboxylic acids is 4. The van der Waals surface area contributed by atoms with Crippen LogP contribution in [0.3, 0.4) is 0 Å². The van der Waals surface area contributed by atoms with Gasteiger partial charge in [-0.1, -0.05) is 29.7 Å². The molecule has 0 aliphatic heterocycles. The minimum atomic E-state index is -2.97. The molecule has 23 heteroatoms. The number of aryl methyl sites for hydroxylation is 9. The van der Waals surface area contributed by atoms with Crippen molar-refractivity contribution in [1.82, 2.24) is 59.8 Å². The first kappa shape index (κ1) is 75.6. The summed E-state index contributed by atoms with van der Waals surface area (Å²) < 4.78 is 49.6. The van der Waals surface area contributed by atoms with Crippen molar-refractivity contribution in [3.63, 3.8) is 0 Å². The smallest absolute Gasteiger partial charge is 0.272 e. The van der Waals surface area contributed by atoms with Gasteiger partial charge in [0.2, 0.25) is 0 Å². The largest absolute Gasteiger partial charge is 0.456 e. The van der Waals surface area contributed by atoms with Crippen molar-refractivity contribution < 1.29 is 46.9 Å². The Labute approximate surface area is 605 Å². The maximum Gasteiger partial charge on any atom is 0.272 e. The van der Waals surface area contributed by atoms with E-state index in [4.69, 9.17) is 37.0 Å². The summed E-state index contributed by atoms with van der Waals surface area (Å²) in [5.41, 5.74) is 11.6. The van der Waals surface area contributed by atoms with E-state index in [1.165, 1.54) is 18.3 Å². The molecular weight excluding hydrogens is 1340 g/mol. The summed E-state index contributed by atoms with van der Waals surface area (Å²) in [6.45, 7) is 17.6. The monoisotopic (exact) mass is 1410 g/mol. The van der Waals surface area contributed by atoms with Gasteiger partial charge in [0.05, 0.1) is 55.5 Å². The summed E-state index contributed by atoms with van der Waals surface area (Å²) in [6.07, 6.45) is 18.2. The Morgan fingerprint density at radius 2 is 0.769 bits per heavy atom. The van der Waals surface area contributed by atoms with Gasteiger partial charge in [0.25, 0.3) is 5.92 Å². The van der Waals surface area contributed by atoms with Crippen molar-refractivity contribution in [3.8, 4) is 58.3 Å². The Balaban J connectivity index is 0.000000161. The first-order valence-electron chi connectivity index (χ1n) is 32.5. The highest BCUT2D eigenvalue weighted by atomic mass is 35.5.